The number of sulfone groups is 1. The Labute approximate surface area is 99.2 Å². The summed E-state index contributed by atoms with van der Waals surface area (Å²) in [6, 6.07) is 4.71. The molecule has 0 atom stereocenters. The van der Waals surface area contributed by atoms with Gasteiger partial charge in [-0.1, -0.05) is 0 Å². The van der Waals surface area contributed by atoms with Crippen LogP contribution in [0.15, 0.2) is 23.1 Å². The first kappa shape index (κ1) is 10.9. The molecule has 1 aromatic rings. The van der Waals surface area contributed by atoms with Gasteiger partial charge in [-0.15, -0.1) is 0 Å². The summed E-state index contributed by atoms with van der Waals surface area (Å²) < 4.78 is 39.5. The second kappa shape index (κ2) is 3.89. The van der Waals surface area contributed by atoms with Crippen molar-refractivity contribution >= 4 is 9.84 Å². The Morgan fingerprint density at radius 2 is 1.94 bits per heavy atom. The summed E-state index contributed by atoms with van der Waals surface area (Å²) in [6.45, 7) is 1.21. The summed E-state index contributed by atoms with van der Waals surface area (Å²) in [7, 11) is -3.26. The number of hydrogen-bond donors (Lipinski definition) is 0. The van der Waals surface area contributed by atoms with Crippen molar-refractivity contribution in [1.82, 2.24) is 0 Å². The van der Waals surface area contributed by atoms with E-state index < -0.39 is 9.84 Å². The smallest absolute Gasteiger partial charge is 0.231 e. The molecule has 0 amide bonds. The van der Waals surface area contributed by atoms with Crippen molar-refractivity contribution in [2.45, 2.75) is 4.90 Å². The van der Waals surface area contributed by atoms with Crippen LogP contribution < -0.4 is 9.47 Å². The normalized spacial score (nSPS) is 19.1. The van der Waals surface area contributed by atoms with Gasteiger partial charge in [-0.25, -0.2) is 8.42 Å². The maximum Gasteiger partial charge on any atom is 0.231 e. The van der Waals surface area contributed by atoms with Gasteiger partial charge in [0.05, 0.1) is 23.9 Å². The first-order valence-corrected chi connectivity index (χ1v) is 7.00. The van der Waals surface area contributed by atoms with Crippen molar-refractivity contribution in [2.75, 3.05) is 25.8 Å². The number of fused-ring (bicyclic) bond motifs is 1. The summed E-state index contributed by atoms with van der Waals surface area (Å²) in [5.41, 5.74) is 0. The minimum Gasteiger partial charge on any atom is -0.454 e. The van der Waals surface area contributed by atoms with Crippen molar-refractivity contribution in [3.05, 3.63) is 18.2 Å². The van der Waals surface area contributed by atoms with E-state index in [-0.39, 0.29) is 23.4 Å². The van der Waals surface area contributed by atoms with E-state index in [1.165, 1.54) is 6.07 Å². The van der Waals surface area contributed by atoms with Crippen molar-refractivity contribution in [1.29, 1.82) is 0 Å². The highest BCUT2D eigenvalue weighted by Gasteiger charge is 2.28. The third-order valence-electron chi connectivity index (χ3n) is 2.87. The van der Waals surface area contributed by atoms with Crippen LogP contribution in [-0.4, -0.2) is 34.2 Å². The zero-order valence-corrected chi connectivity index (χ0v) is 9.90. The predicted octanol–water partition coefficient (Wildman–Crippen LogP) is 0.835. The van der Waals surface area contributed by atoms with Crippen LogP contribution in [0.3, 0.4) is 0 Å². The van der Waals surface area contributed by atoms with Gasteiger partial charge >= 0.3 is 0 Å². The fourth-order valence-electron chi connectivity index (χ4n) is 1.86. The summed E-state index contributed by atoms with van der Waals surface area (Å²) in [5, 5.41) is 0. The first-order valence-electron chi connectivity index (χ1n) is 5.35. The first-order chi connectivity index (χ1) is 8.15. The zero-order valence-electron chi connectivity index (χ0n) is 9.09. The molecule has 92 valence electrons. The largest absolute Gasteiger partial charge is 0.454 e. The topological polar surface area (TPSA) is 61.8 Å². The molecule has 1 saturated heterocycles. The average Bonchev–Trinajstić information content (AvgIpc) is 2.70. The lowest BCUT2D eigenvalue weighted by atomic mass is 10.1. The van der Waals surface area contributed by atoms with E-state index in [2.05, 4.69) is 0 Å². The predicted molar refractivity (Wildman–Crippen MR) is 58.9 cm³/mol. The molecule has 2 aliphatic rings. The van der Waals surface area contributed by atoms with E-state index >= 15 is 0 Å². The number of rotatable bonds is 3. The molecule has 0 bridgehead atoms. The summed E-state index contributed by atoms with van der Waals surface area (Å²) in [6.07, 6.45) is 0. The average molecular weight is 256 g/mol. The van der Waals surface area contributed by atoms with E-state index in [0.717, 1.165) is 0 Å². The maximum absolute atomic E-state index is 12.1. The number of hydrogen-bond acceptors (Lipinski definition) is 5. The summed E-state index contributed by atoms with van der Waals surface area (Å²) >= 11 is 0. The van der Waals surface area contributed by atoms with E-state index in [9.17, 15) is 8.42 Å². The molecule has 0 saturated carbocycles. The Hall–Kier alpha value is -1.27. The molecule has 2 heterocycles. The lowest BCUT2D eigenvalue weighted by Crippen LogP contribution is -2.33. The fraction of sp³-hybridized carbons (Fsp3) is 0.455. The Kier molecular flexibility index (Phi) is 2.48. The highest BCUT2D eigenvalue weighted by Crippen LogP contribution is 2.34. The van der Waals surface area contributed by atoms with Crippen molar-refractivity contribution in [3.63, 3.8) is 0 Å². The molecule has 17 heavy (non-hydrogen) atoms. The van der Waals surface area contributed by atoms with Gasteiger partial charge in [0.25, 0.3) is 0 Å². The van der Waals surface area contributed by atoms with Crippen molar-refractivity contribution in [2.24, 2.45) is 5.92 Å². The number of benzene rings is 1. The second-order valence-corrected chi connectivity index (χ2v) is 6.23. The highest BCUT2D eigenvalue weighted by atomic mass is 32.2. The lowest BCUT2D eigenvalue weighted by molar-refractivity contribution is -0.0204. The Balaban J connectivity index is 1.87. The van der Waals surface area contributed by atoms with Crippen LogP contribution in [0.1, 0.15) is 0 Å². The fourth-order valence-corrected chi connectivity index (χ4v) is 3.43. The van der Waals surface area contributed by atoms with E-state index in [1.54, 1.807) is 12.1 Å². The van der Waals surface area contributed by atoms with Gasteiger partial charge in [-0.3, -0.25) is 0 Å². The van der Waals surface area contributed by atoms with Gasteiger partial charge in [0, 0.05) is 12.0 Å². The monoisotopic (exact) mass is 256 g/mol. The van der Waals surface area contributed by atoms with Gasteiger partial charge in [0.1, 0.15) is 0 Å². The van der Waals surface area contributed by atoms with Crippen LogP contribution in [0.2, 0.25) is 0 Å². The molecule has 0 spiro atoms. The van der Waals surface area contributed by atoms with Gasteiger partial charge in [0.2, 0.25) is 6.79 Å². The molecule has 1 aromatic carbocycles. The van der Waals surface area contributed by atoms with Gasteiger partial charge in [-0.05, 0) is 12.1 Å². The molecule has 3 rings (SSSR count). The molecule has 0 aliphatic carbocycles. The SMILES string of the molecule is O=S(=O)(CC1COC1)c1ccc2c(c1)OCO2. The van der Waals surface area contributed by atoms with Crippen LogP contribution in [0.4, 0.5) is 0 Å². The van der Waals surface area contributed by atoms with E-state index in [0.29, 0.717) is 24.7 Å². The Morgan fingerprint density at radius 1 is 1.18 bits per heavy atom. The third-order valence-corrected chi connectivity index (χ3v) is 4.75. The molecule has 0 aromatic heterocycles. The molecule has 1 fully saturated rings. The van der Waals surface area contributed by atoms with E-state index in [1.807, 2.05) is 0 Å². The zero-order chi connectivity index (χ0) is 11.9. The minimum atomic E-state index is -3.26. The third kappa shape index (κ3) is 1.98. The molecule has 5 nitrogen and oxygen atoms in total. The van der Waals surface area contributed by atoms with E-state index in [4.69, 9.17) is 14.2 Å². The van der Waals surface area contributed by atoms with Crippen LogP contribution in [0.5, 0.6) is 11.5 Å². The minimum absolute atomic E-state index is 0.116. The maximum atomic E-state index is 12.1. The lowest BCUT2D eigenvalue weighted by Gasteiger charge is -2.25. The summed E-state index contributed by atoms with van der Waals surface area (Å²) in [5.74, 6) is 1.34. The highest BCUT2D eigenvalue weighted by molar-refractivity contribution is 7.91. The van der Waals surface area contributed by atoms with Crippen LogP contribution in [0, 0.1) is 5.92 Å². The van der Waals surface area contributed by atoms with Crippen molar-refractivity contribution in [3.8, 4) is 11.5 Å². The molecule has 0 N–H and O–H groups in total. The van der Waals surface area contributed by atoms with Crippen LogP contribution in [0.25, 0.3) is 0 Å². The Bertz CT molecular complexity index is 533. The molecular formula is C11H12O5S. The molecule has 0 radical (unpaired) electrons. The summed E-state index contributed by atoms with van der Waals surface area (Å²) in [4.78, 5) is 0.286. The quantitative estimate of drug-likeness (QED) is 0.801. The second-order valence-electron chi connectivity index (χ2n) is 4.20. The Morgan fingerprint density at radius 3 is 2.65 bits per heavy atom. The standard InChI is InChI=1S/C11H12O5S/c12-17(13,6-8-4-14-5-8)9-1-2-10-11(3-9)16-7-15-10/h1-3,8H,4-7H2. The molecule has 0 unspecified atom stereocenters. The van der Waals surface area contributed by atoms with Crippen LogP contribution >= 0.6 is 0 Å². The van der Waals surface area contributed by atoms with Crippen molar-refractivity contribution < 1.29 is 22.6 Å². The molecule has 6 heteroatoms. The van der Waals surface area contributed by atoms with Gasteiger partial charge in [0.15, 0.2) is 21.3 Å². The van der Waals surface area contributed by atoms with Gasteiger partial charge in [-0.2, -0.15) is 0 Å². The number of ether oxygens (including phenoxy) is 3. The van der Waals surface area contributed by atoms with Crippen LogP contribution in [-0.2, 0) is 14.6 Å². The van der Waals surface area contributed by atoms with Gasteiger partial charge < -0.3 is 14.2 Å². The molecular weight excluding hydrogens is 244 g/mol. The molecule has 2 aliphatic heterocycles.